The Labute approximate surface area is 117 Å². The van der Waals surface area contributed by atoms with Crippen molar-refractivity contribution in [3.8, 4) is 11.3 Å². The minimum atomic E-state index is 0.654. The quantitative estimate of drug-likeness (QED) is 0.775. The molecule has 2 aromatic heterocycles. The van der Waals surface area contributed by atoms with Gasteiger partial charge in [0.2, 0.25) is 0 Å². The molecule has 0 radical (unpaired) electrons. The van der Waals surface area contributed by atoms with Crippen molar-refractivity contribution >= 4 is 16.9 Å². The summed E-state index contributed by atoms with van der Waals surface area (Å²) in [5, 5.41) is 4.42. The van der Waals surface area contributed by atoms with Crippen molar-refractivity contribution in [2.24, 2.45) is 14.1 Å². The number of nitrogen functional groups attached to an aromatic ring is 1. The van der Waals surface area contributed by atoms with Crippen molar-refractivity contribution in [1.29, 1.82) is 0 Å². The lowest BCUT2D eigenvalue weighted by Crippen LogP contribution is -1.96. The van der Waals surface area contributed by atoms with E-state index in [1.807, 2.05) is 13.1 Å². The van der Waals surface area contributed by atoms with Crippen LogP contribution in [0.2, 0.25) is 0 Å². The molecule has 0 saturated heterocycles. The number of hydrogen-bond acceptors (Lipinski definition) is 3. The SMILES string of the molecule is Cn1nc(-c2ccc3c(c2)nc(C2CC2)n3C)cc1N. The average molecular weight is 267 g/mol. The highest BCUT2D eigenvalue weighted by Crippen LogP contribution is 2.40. The first-order chi connectivity index (χ1) is 9.63. The van der Waals surface area contributed by atoms with Crippen LogP contribution >= 0.6 is 0 Å². The van der Waals surface area contributed by atoms with Crippen LogP contribution in [0.15, 0.2) is 24.3 Å². The van der Waals surface area contributed by atoms with E-state index in [1.165, 1.54) is 24.2 Å². The highest BCUT2D eigenvalue weighted by molar-refractivity contribution is 5.82. The number of hydrogen-bond donors (Lipinski definition) is 1. The Morgan fingerprint density at radius 1 is 1.20 bits per heavy atom. The van der Waals surface area contributed by atoms with Gasteiger partial charge in [0.15, 0.2) is 0 Å². The summed E-state index contributed by atoms with van der Waals surface area (Å²) in [5.74, 6) is 2.53. The molecule has 0 bridgehead atoms. The lowest BCUT2D eigenvalue weighted by atomic mass is 10.1. The molecule has 0 spiro atoms. The van der Waals surface area contributed by atoms with Crippen LogP contribution in [-0.2, 0) is 14.1 Å². The lowest BCUT2D eigenvalue weighted by Gasteiger charge is -2.00. The molecular formula is C15H17N5. The molecule has 20 heavy (non-hydrogen) atoms. The Balaban J connectivity index is 1.86. The van der Waals surface area contributed by atoms with Crippen LogP contribution in [0.1, 0.15) is 24.6 Å². The van der Waals surface area contributed by atoms with Crippen LogP contribution in [0.3, 0.4) is 0 Å². The second-order valence-corrected chi connectivity index (χ2v) is 5.58. The van der Waals surface area contributed by atoms with Crippen molar-refractivity contribution in [3.63, 3.8) is 0 Å². The number of rotatable bonds is 2. The molecule has 3 aromatic rings. The molecule has 1 aliphatic carbocycles. The number of fused-ring (bicyclic) bond motifs is 1. The second-order valence-electron chi connectivity index (χ2n) is 5.58. The van der Waals surface area contributed by atoms with Crippen molar-refractivity contribution in [2.45, 2.75) is 18.8 Å². The summed E-state index contributed by atoms with van der Waals surface area (Å²) in [6.45, 7) is 0. The van der Waals surface area contributed by atoms with Crippen LogP contribution in [0.25, 0.3) is 22.3 Å². The number of anilines is 1. The molecule has 4 rings (SSSR count). The van der Waals surface area contributed by atoms with Gasteiger partial charge >= 0.3 is 0 Å². The average Bonchev–Trinajstić information content (AvgIpc) is 3.15. The lowest BCUT2D eigenvalue weighted by molar-refractivity contribution is 0.782. The van der Waals surface area contributed by atoms with Gasteiger partial charge in [0.25, 0.3) is 0 Å². The van der Waals surface area contributed by atoms with E-state index in [0.29, 0.717) is 11.7 Å². The van der Waals surface area contributed by atoms with E-state index >= 15 is 0 Å². The van der Waals surface area contributed by atoms with Gasteiger partial charge in [-0.1, -0.05) is 6.07 Å². The molecule has 2 N–H and O–H groups in total. The molecule has 5 heteroatoms. The Morgan fingerprint density at radius 3 is 2.65 bits per heavy atom. The van der Waals surface area contributed by atoms with Crippen LogP contribution in [0.5, 0.6) is 0 Å². The summed E-state index contributed by atoms with van der Waals surface area (Å²) in [5.41, 5.74) is 10.0. The van der Waals surface area contributed by atoms with Crippen LogP contribution in [0.4, 0.5) is 5.82 Å². The van der Waals surface area contributed by atoms with Crippen LogP contribution < -0.4 is 5.73 Å². The van der Waals surface area contributed by atoms with Gasteiger partial charge < -0.3 is 10.3 Å². The first-order valence-electron chi connectivity index (χ1n) is 6.90. The predicted octanol–water partition coefficient (Wildman–Crippen LogP) is 2.43. The molecule has 1 fully saturated rings. The van der Waals surface area contributed by atoms with E-state index in [-0.39, 0.29) is 0 Å². The van der Waals surface area contributed by atoms with Crippen molar-refractivity contribution in [2.75, 3.05) is 5.73 Å². The number of imidazole rings is 1. The van der Waals surface area contributed by atoms with Gasteiger partial charge in [-0.2, -0.15) is 5.10 Å². The van der Waals surface area contributed by atoms with Crippen LogP contribution in [-0.4, -0.2) is 19.3 Å². The first kappa shape index (κ1) is 11.5. The third kappa shape index (κ3) is 1.62. The van der Waals surface area contributed by atoms with Gasteiger partial charge in [-0.3, -0.25) is 4.68 Å². The van der Waals surface area contributed by atoms with E-state index < -0.39 is 0 Å². The molecule has 102 valence electrons. The number of aromatic nitrogens is 4. The number of aryl methyl sites for hydroxylation is 2. The molecule has 5 nitrogen and oxygen atoms in total. The summed E-state index contributed by atoms with van der Waals surface area (Å²) in [7, 11) is 3.95. The molecular weight excluding hydrogens is 250 g/mol. The van der Waals surface area contributed by atoms with Crippen LogP contribution in [0, 0.1) is 0 Å². The molecule has 0 aliphatic heterocycles. The van der Waals surface area contributed by atoms with Crippen molar-refractivity contribution < 1.29 is 0 Å². The fourth-order valence-electron chi connectivity index (χ4n) is 2.71. The normalized spacial score (nSPS) is 15.1. The zero-order chi connectivity index (χ0) is 13.9. The third-order valence-electron chi connectivity index (χ3n) is 4.07. The molecule has 1 aliphatic rings. The Morgan fingerprint density at radius 2 is 2.00 bits per heavy atom. The molecule has 2 heterocycles. The highest BCUT2D eigenvalue weighted by Gasteiger charge is 2.28. The van der Waals surface area contributed by atoms with Gasteiger partial charge in [0, 0.05) is 31.6 Å². The minimum absolute atomic E-state index is 0.654. The topological polar surface area (TPSA) is 61.7 Å². The van der Waals surface area contributed by atoms with E-state index in [2.05, 4.69) is 34.9 Å². The van der Waals surface area contributed by atoms with E-state index in [0.717, 1.165) is 16.8 Å². The Kier molecular flexibility index (Phi) is 2.22. The van der Waals surface area contributed by atoms with Gasteiger partial charge in [0.1, 0.15) is 11.6 Å². The number of benzene rings is 1. The first-order valence-corrected chi connectivity index (χ1v) is 6.90. The Bertz CT molecular complexity index is 788. The summed E-state index contributed by atoms with van der Waals surface area (Å²) in [6, 6.07) is 8.20. The van der Waals surface area contributed by atoms with Gasteiger partial charge in [0.05, 0.1) is 16.7 Å². The number of nitrogens with zero attached hydrogens (tertiary/aromatic N) is 4. The number of nitrogens with two attached hydrogens (primary N) is 1. The predicted molar refractivity (Wildman–Crippen MR) is 79.3 cm³/mol. The largest absolute Gasteiger partial charge is 0.384 e. The smallest absolute Gasteiger partial charge is 0.121 e. The summed E-state index contributed by atoms with van der Waals surface area (Å²) in [4.78, 5) is 4.79. The minimum Gasteiger partial charge on any atom is -0.384 e. The molecule has 0 atom stereocenters. The maximum absolute atomic E-state index is 5.85. The fraction of sp³-hybridized carbons (Fsp3) is 0.333. The van der Waals surface area contributed by atoms with Crippen molar-refractivity contribution in [3.05, 3.63) is 30.1 Å². The standard InChI is InChI=1S/C15H17N5/c1-19-13-6-5-10(11-8-14(16)20(2)18-11)7-12(13)17-15(19)9-3-4-9/h5-9H,3-4,16H2,1-2H3. The van der Waals surface area contributed by atoms with Gasteiger partial charge in [-0.15, -0.1) is 0 Å². The Hall–Kier alpha value is -2.30. The van der Waals surface area contributed by atoms with E-state index in [4.69, 9.17) is 10.7 Å². The third-order valence-corrected chi connectivity index (χ3v) is 4.07. The summed E-state index contributed by atoms with van der Waals surface area (Å²) >= 11 is 0. The van der Waals surface area contributed by atoms with E-state index in [9.17, 15) is 0 Å². The molecule has 1 aromatic carbocycles. The zero-order valence-electron chi connectivity index (χ0n) is 11.7. The second kappa shape index (κ2) is 3.85. The van der Waals surface area contributed by atoms with Crippen molar-refractivity contribution in [1.82, 2.24) is 19.3 Å². The van der Waals surface area contributed by atoms with Gasteiger partial charge in [-0.05, 0) is 25.0 Å². The monoisotopic (exact) mass is 267 g/mol. The fourth-order valence-corrected chi connectivity index (χ4v) is 2.71. The molecule has 0 unspecified atom stereocenters. The van der Waals surface area contributed by atoms with E-state index in [1.54, 1.807) is 4.68 Å². The molecule has 1 saturated carbocycles. The zero-order valence-corrected chi connectivity index (χ0v) is 11.7. The van der Waals surface area contributed by atoms with Gasteiger partial charge in [-0.25, -0.2) is 4.98 Å². The maximum Gasteiger partial charge on any atom is 0.121 e. The maximum atomic E-state index is 5.85. The molecule has 0 amide bonds. The summed E-state index contributed by atoms with van der Waals surface area (Å²) < 4.78 is 3.90. The highest BCUT2D eigenvalue weighted by atomic mass is 15.3. The summed E-state index contributed by atoms with van der Waals surface area (Å²) in [6.07, 6.45) is 2.53.